The maximum absolute atomic E-state index is 12.5. The van der Waals surface area contributed by atoms with Crippen molar-refractivity contribution in [1.29, 1.82) is 21.0 Å². The number of nitriles is 4. The van der Waals surface area contributed by atoms with Gasteiger partial charge in [0.25, 0.3) is 29.5 Å². The normalized spacial score (nSPS) is 10.0. The lowest BCUT2D eigenvalue weighted by molar-refractivity contribution is -0.116. The molecule has 0 aliphatic rings. The van der Waals surface area contributed by atoms with Crippen LogP contribution in [0, 0.1) is 45.3 Å². The van der Waals surface area contributed by atoms with Gasteiger partial charge in [0.1, 0.15) is 100 Å². The van der Waals surface area contributed by atoms with E-state index in [1.165, 1.54) is 49.6 Å². The number of carboxylic acids is 1. The number of carbonyl (C=O) groups is 9. The van der Waals surface area contributed by atoms with Crippen LogP contribution < -0.4 is 57.7 Å². The molecule has 41 heteroatoms. The van der Waals surface area contributed by atoms with E-state index >= 15 is 0 Å². The molecule has 0 saturated heterocycles. The van der Waals surface area contributed by atoms with Crippen LogP contribution in [0.1, 0.15) is 145 Å². The molecule has 0 spiro atoms. The Kier molecular flexibility index (Phi) is 37.1. The number of amides is 8. The number of carbonyl (C=O) groups excluding carboxylic acids is 8. The Bertz CT molecular complexity index is 6230. The Labute approximate surface area is 748 Å². The number of rotatable bonds is 26. The average molecular weight is 1770 g/mol. The van der Waals surface area contributed by atoms with E-state index < -0.39 is 35.4 Å². The molecule has 0 aliphatic heterocycles. The van der Waals surface area contributed by atoms with Crippen LogP contribution in [0.25, 0.3) is 11.4 Å². The van der Waals surface area contributed by atoms with Gasteiger partial charge in [0.05, 0.1) is 73.6 Å². The van der Waals surface area contributed by atoms with Crippen molar-refractivity contribution in [3.05, 3.63) is 327 Å². The van der Waals surface area contributed by atoms with Gasteiger partial charge in [0.15, 0.2) is 5.69 Å². The predicted octanol–water partition coefficient (Wildman–Crippen LogP) is 9.13. The standard InChI is InChI=1S/C22H20N8O3.C22H19N5O3.C18H19N5O3.C14H10N4O3.C13H11N5O.ClH/c1-33-17-8-4-14(5-9-17)10-20(31)26-19-11-18(24-13-25-19)22(32)23-12-15-2-6-16(7-3-15)21-27-29-30-28-21;1-30-18-8-6-15(7-9-18)10-21(28)27-20-11-19(25-14-26-20)22(29)24-13-17-4-2-16(12-23)3-5-17;1-18(2,3)26-17(25)23-15-8-14(21-11-22-15)16(24)20-10-13-6-4-12(9-19)5-7-13;15-6-9-1-3-10(4-2-9)7-16-13(19)11-5-12(14(20)21)18-8-17-11;14-6-9-1-3-10(4-2-9)7-16-13(19)11-5-12(15)18-8-17-11;/h2-9,11,13H,10,12H2,1H3,(H,23,32)(H,24,25,26,31)(H,27,28,29,30);2-9,11,14H,10,13H2,1H3,(H,24,29)(H,25,26,27,28);4-8,11H,10H2,1-3H3,(H,20,24)(H,21,22,23,25);1-5,8H,7H2,(H,16,19)(H,20,21);1-5,8H,7H2,(H,16,19)(H2,15,17,18);1H. The Balaban J connectivity index is 0.000000203. The van der Waals surface area contributed by atoms with Crippen molar-refractivity contribution in [1.82, 2.24) is 97.0 Å². The number of nitrogens with two attached hydrogens (primary N) is 1. The van der Waals surface area contributed by atoms with Gasteiger partial charge >= 0.3 is 12.1 Å². The van der Waals surface area contributed by atoms with Crippen LogP contribution in [0.3, 0.4) is 0 Å². The molecule has 8 amide bonds. The van der Waals surface area contributed by atoms with Crippen molar-refractivity contribution in [2.45, 2.75) is 71.9 Å². The average Bonchev–Trinajstić information content (AvgIpc) is 1.45. The molecule has 0 unspecified atom stereocenters. The molecular weight excluding hydrogens is 1690 g/mol. The van der Waals surface area contributed by atoms with Gasteiger partial charge in [0.2, 0.25) is 17.6 Å². The number of carboxylic acid groups (broad SMARTS) is 1. The van der Waals surface area contributed by atoms with E-state index in [0.717, 1.165) is 56.9 Å². The number of nitrogens with one attached hydrogen (secondary N) is 9. The third-order valence-corrected chi connectivity index (χ3v) is 17.1. The van der Waals surface area contributed by atoms with E-state index in [2.05, 4.69) is 113 Å². The van der Waals surface area contributed by atoms with E-state index in [1.54, 1.807) is 168 Å². The lowest BCUT2D eigenvalue weighted by Gasteiger charge is -2.19. The number of aromatic amines is 1. The molecule has 7 aromatic carbocycles. The van der Waals surface area contributed by atoms with Crippen LogP contribution in [0.15, 0.2) is 232 Å². The molecule has 12 N–H and O–H groups in total. The number of aromatic nitrogens is 14. The molecule has 0 saturated carbocycles. The number of hydrogen-bond donors (Lipinski definition) is 11. The summed E-state index contributed by atoms with van der Waals surface area (Å²) in [7, 11) is 3.16. The topological polar surface area (TPSA) is 602 Å². The highest BCUT2D eigenvalue weighted by atomic mass is 35.5. The Morgan fingerprint density at radius 3 is 0.977 bits per heavy atom. The molecule has 656 valence electrons. The molecule has 6 heterocycles. The number of ether oxygens (including phenoxy) is 3. The summed E-state index contributed by atoms with van der Waals surface area (Å²) in [6, 6.07) is 64.1. The Morgan fingerprint density at radius 1 is 0.385 bits per heavy atom. The molecule has 0 radical (unpaired) electrons. The minimum atomic E-state index is -1.22. The summed E-state index contributed by atoms with van der Waals surface area (Å²) in [6.45, 7) is 6.70. The minimum Gasteiger partial charge on any atom is -0.497 e. The van der Waals surface area contributed by atoms with Gasteiger partial charge in [-0.3, -0.25) is 38.9 Å². The van der Waals surface area contributed by atoms with Gasteiger partial charge < -0.3 is 62.3 Å². The first-order valence-corrected chi connectivity index (χ1v) is 38.4. The number of benzene rings is 7. The lowest BCUT2D eigenvalue weighted by atomic mass is 10.1. The number of hydrogen-bond acceptors (Lipinski definition) is 30. The number of nitrogens with zero attached hydrogens (tertiary/aromatic N) is 17. The summed E-state index contributed by atoms with van der Waals surface area (Å²) in [6.07, 6.45) is 5.57. The number of aromatic carboxylic acids is 1. The monoisotopic (exact) mass is 1770 g/mol. The Hall–Kier alpha value is -18.3. The van der Waals surface area contributed by atoms with E-state index in [4.69, 9.17) is 46.1 Å². The minimum absolute atomic E-state index is 0. The first-order chi connectivity index (χ1) is 62.2. The number of tetrazole rings is 1. The predicted molar refractivity (Wildman–Crippen MR) is 469 cm³/mol. The van der Waals surface area contributed by atoms with Crippen LogP contribution in [0.5, 0.6) is 11.5 Å². The maximum Gasteiger partial charge on any atom is 0.413 e. The molecular formula is C89H80ClN27O13. The highest BCUT2D eigenvalue weighted by Crippen LogP contribution is 2.19. The van der Waals surface area contributed by atoms with Crippen LogP contribution in [-0.4, -0.2) is 149 Å². The van der Waals surface area contributed by atoms with Gasteiger partial charge in [-0.2, -0.15) is 26.3 Å². The van der Waals surface area contributed by atoms with Crippen molar-refractivity contribution in [3.8, 4) is 47.2 Å². The molecule has 130 heavy (non-hydrogen) atoms. The van der Waals surface area contributed by atoms with Crippen LogP contribution in [0.2, 0.25) is 0 Å². The van der Waals surface area contributed by atoms with Crippen molar-refractivity contribution >= 4 is 89.1 Å². The van der Waals surface area contributed by atoms with Crippen molar-refractivity contribution in [2.75, 3.05) is 35.9 Å². The fourth-order valence-electron chi connectivity index (χ4n) is 10.6. The third-order valence-electron chi connectivity index (χ3n) is 17.1. The highest BCUT2D eigenvalue weighted by Gasteiger charge is 2.20. The van der Waals surface area contributed by atoms with Crippen LogP contribution >= 0.6 is 12.4 Å². The molecule has 0 atom stereocenters. The van der Waals surface area contributed by atoms with E-state index in [9.17, 15) is 43.2 Å². The molecule has 13 rings (SSSR count). The molecule has 13 aromatic rings. The summed E-state index contributed by atoms with van der Waals surface area (Å²) in [4.78, 5) is 146. The first-order valence-electron chi connectivity index (χ1n) is 38.4. The summed E-state index contributed by atoms with van der Waals surface area (Å²) < 4.78 is 15.3. The zero-order chi connectivity index (χ0) is 92.5. The quantitative estimate of drug-likeness (QED) is 0.0240. The fourth-order valence-corrected chi connectivity index (χ4v) is 10.6. The van der Waals surface area contributed by atoms with Crippen LogP contribution in [0.4, 0.5) is 28.1 Å². The van der Waals surface area contributed by atoms with Crippen molar-refractivity contribution < 1.29 is 62.5 Å². The summed E-state index contributed by atoms with van der Waals surface area (Å²) in [5.41, 5.74) is 14.2. The maximum atomic E-state index is 12.5. The summed E-state index contributed by atoms with van der Waals surface area (Å²) >= 11 is 0. The smallest absolute Gasteiger partial charge is 0.413 e. The molecule has 40 nitrogen and oxygen atoms in total. The van der Waals surface area contributed by atoms with Gasteiger partial charge in [0, 0.05) is 68.6 Å². The zero-order valence-corrected chi connectivity index (χ0v) is 70.6. The number of nitrogen functional groups attached to an aromatic ring is 1. The van der Waals surface area contributed by atoms with E-state index in [-0.39, 0.29) is 126 Å². The fraction of sp³-hybridized carbons (Fsp3) is 0.146. The number of methoxy groups -OCH3 is 2. The first kappa shape index (κ1) is 97.1. The lowest BCUT2D eigenvalue weighted by Crippen LogP contribution is -2.28. The Morgan fingerprint density at radius 2 is 0.677 bits per heavy atom. The molecule has 0 fully saturated rings. The van der Waals surface area contributed by atoms with Gasteiger partial charge in [-0.25, -0.2) is 59.4 Å². The molecule has 0 bridgehead atoms. The largest absolute Gasteiger partial charge is 0.497 e. The van der Waals surface area contributed by atoms with Gasteiger partial charge in [-0.05, 0) is 138 Å². The molecule has 6 aromatic heterocycles. The highest BCUT2D eigenvalue weighted by molar-refractivity contribution is 5.98. The number of halogens is 1. The number of H-pyrrole nitrogens is 1. The van der Waals surface area contributed by atoms with Crippen molar-refractivity contribution in [3.63, 3.8) is 0 Å². The zero-order valence-electron chi connectivity index (χ0n) is 69.8. The second-order valence-electron chi connectivity index (χ2n) is 27.6. The van der Waals surface area contributed by atoms with Gasteiger partial charge in [-0.1, -0.05) is 97.1 Å². The van der Waals surface area contributed by atoms with E-state index in [0.29, 0.717) is 52.7 Å². The summed E-state index contributed by atoms with van der Waals surface area (Å²) in [5, 5.41) is 78.9. The second kappa shape index (κ2) is 49.7. The molecule has 0 aliphatic carbocycles. The van der Waals surface area contributed by atoms with Crippen LogP contribution in [-0.2, 0) is 59.9 Å². The van der Waals surface area contributed by atoms with E-state index in [1.807, 2.05) is 60.7 Å². The number of anilines is 4. The second-order valence-corrected chi connectivity index (χ2v) is 27.6. The van der Waals surface area contributed by atoms with Gasteiger partial charge in [-0.15, -0.1) is 22.6 Å². The van der Waals surface area contributed by atoms with Crippen molar-refractivity contribution in [2.24, 2.45) is 0 Å². The summed E-state index contributed by atoms with van der Waals surface area (Å²) in [5.74, 6) is -0.924. The third kappa shape index (κ3) is 32.8. The SMILES string of the molecule is CC(C)(C)OC(=O)Nc1cc(C(=O)NCc2ccc(C#N)cc2)ncn1.COc1ccc(CC(=O)Nc2cc(C(=O)NCc3ccc(-c4nn[nH]n4)cc3)ncn2)cc1.COc1ccc(CC(=O)Nc2cc(C(=O)NCc3ccc(C#N)cc3)ncn2)cc1.Cl.N#Cc1ccc(CNC(=O)c2cc(C(=O)O)ncn2)cc1.N#Cc1ccc(CNC(=O)c2cc(N)ncn2)cc1.